The summed E-state index contributed by atoms with van der Waals surface area (Å²) in [6, 6.07) is 5.47. The molecule has 0 radical (unpaired) electrons. The third kappa shape index (κ3) is 3.47. The molecule has 0 spiro atoms. The molecular formula is C12H14N4O. The number of aromatic nitrogens is 2. The van der Waals surface area contributed by atoms with Crippen molar-refractivity contribution >= 4 is 0 Å². The Morgan fingerprint density at radius 3 is 3.12 bits per heavy atom. The minimum atomic E-state index is 0.361. The van der Waals surface area contributed by atoms with Crippen LogP contribution in [-0.2, 0) is 13.1 Å². The lowest BCUT2D eigenvalue weighted by atomic mass is 10.4. The predicted molar refractivity (Wildman–Crippen MR) is 62.0 cm³/mol. The van der Waals surface area contributed by atoms with E-state index in [9.17, 15) is 0 Å². The van der Waals surface area contributed by atoms with Crippen molar-refractivity contribution in [1.29, 1.82) is 5.26 Å². The number of nitrogens with one attached hydrogen (secondary N) is 1. The van der Waals surface area contributed by atoms with E-state index in [1.165, 1.54) is 0 Å². The maximum Gasteiger partial charge on any atom is 0.203 e. The maximum atomic E-state index is 8.59. The summed E-state index contributed by atoms with van der Waals surface area (Å²) in [6.45, 7) is 2.51. The number of nitriles is 1. The Bertz CT molecular complexity index is 481. The van der Waals surface area contributed by atoms with Gasteiger partial charge in [0.2, 0.25) is 5.76 Å². The summed E-state index contributed by atoms with van der Waals surface area (Å²) >= 11 is 0. The highest BCUT2D eigenvalue weighted by Crippen LogP contribution is 2.05. The molecule has 1 N–H and O–H groups in total. The fourth-order valence-corrected chi connectivity index (χ4v) is 1.55. The molecule has 0 fully saturated rings. The summed E-state index contributed by atoms with van der Waals surface area (Å²) < 4.78 is 7.29. The number of nitrogens with zero attached hydrogens (tertiary/aromatic N) is 3. The molecule has 0 atom stereocenters. The quantitative estimate of drug-likeness (QED) is 0.764. The van der Waals surface area contributed by atoms with Crippen molar-refractivity contribution < 1.29 is 4.42 Å². The summed E-state index contributed by atoms with van der Waals surface area (Å²) in [6.07, 6.45) is 6.57. The van der Waals surface area contributed by atoms with E-state index in [0.717, 1.165) is 25.3 Å². The largest absolute Gasteiger partial charge is 0.449 e. The molecule has 0 saturated carbocycles. The second-order valence-corrected chi connectivity index (χ2v) is 3.71. The van der Waals surface area contributed by atoms with Gasteiger partial charge in [-0.2, -0.15) is 5.26 Å². The Labute approximate surface area is 99.7 Å². The molecule has 5 nitrogen and oxygen atoms in total. The molecule has 2 aromatic rings. The van der Waals surface area contributed by atoms with Crippen molar-refractivity contribution in [1.82, 2.24) is 14.9 Å². The molecule has 88 valence electrons. The van der Waals surface area contributed by atoms with Gasteiger partial charge >= 0.3 is 0 Å². The fourth-order valence-electron chi connectivity index (χ4n) is 1.55. The van der Waals surface area contributed by atoms with Crippen LogP contribution in [0.5, 0.6) is 0 Å². The van der Waals surface area contributed by atoms with Gasteiger partial charge < -0.3 is 14.3 Å². The van der Waals surface area contributed by atoms with Gasteiger partial charge in [-0.1, -0.05) is 0 Å². The molecule has 2 rings (SSSR count). The molecule has 0 aliphatic carbocycles. The molecule has 0 aromatic carbocycles. The van der Waals surface area contributed by atoms with Crippen molar-refractivity contribution in [3.8, 4) is 6.07 Å². The molecule has 0 amide bonds. The van der Waals surface area contributed by atoms with E-state index in [2.05, 4.69) is 10.3 Å². The van der Waals surface area contributed by atoms with Crippen LogP contribution < -0.4 is 5.32 Å². The summed E-state index contributed by atoms with van der Waals surface area (Å²) in [5.41, 5.74) is 0. The lowest BCUT2D eigenvalue weighted by Gasteiger charge is -2.03. The van der Waals surface area contributed by atoms with Crippen LogP contribution in [0.25, 0.3) is 0 Å². The summed E-state index contributed by atoms with van der Waals surface area (Å²) in [7, 11) is 0. The van der Waals surface area contributed by atoms with Crippen molar-refractivity contribution in [2.75, 3.05) is 6.54 Å². The van der Waals surface area contributed by atoms with Crippen LogP contribution in [0.1, 0.15) is 17.9 Å². The van der Waals surface area contributed by atoms with E-state index in [1.54, 1.807) is 12.3 Å². The van der Waals surface area contributed by atoms with Crippen molar-refractivity contribution in [3.63, 3.8) is 0 Å². The van der Waals surface area contributed by atoms with E-state index in [4.69, 9.17) is 9.68 Å². The Morgan fingerprint density at radius 1 is 1.47 bits per heavy atom. The van der Waals surface area contributed by atoms with Gasteiger partial charge in [-0.15, -0.1) is 0 Å². The minimum absolute atomic E-state index is 0.361. The number of imidazole rings is 1. The lowest BCUT2D eigenvalue weighted by molar-refractivity contribution is 0.468. The fraction of sp³-hybridized carbons (Fsp3) is 0.333. The zero-order chi connectivity index (χ0) is 11.9. The minimum Gasteiger partial charge on any atom is -0.449 e. The number of hydrogen-bond acceptors (Lipinski definition) is 4. The van der Waals surface area contributed by atoms with Crippen molar-refractivity contribution in [2.45, 2.75) is 19.5 Å². The van der Waals surface area contributed by atoms with E-state index >= 15 is 0 Å². The van der Waals surface area contributed by atoms with Crippen molar-refractivity contribution in [3.05, 3.63) is 42.4 Å². The first-order valence-electron chi connectivity index (χ1n) is 5.54. The molecule has 17 heavy (non-hydrogen) atoms. The average molecular weight is 230 g/mol. The van der Waals surface area contributed by atoms with Crippen LogP contribution >= 0.6 is 0 Å². The zero-order valence-corrected chi connectivity index (χ0v) is 9.47. The molecular weight excluding hydrogens is 216 g/mol. The van der Waals surface area contributed by atoms with Crippen LogP contribution in [0.4, 0.5) is 0 Å². The van der Waals surface area contributed by atoms with Gasteiger partial charge in [0, 0.05) is 18.9 Å². The average Bonchev–Trinajstić information content (AvgIpc) is 2.99. The van der Waals surface area contributed by atoms with E-state index < -0.39 is 0 Å². The van der Waals surface area contributed by atoms with Gasteiger partial charge in [-0.25, -0.2) is 4.98 Å². The van der Waals surface area contributed by atoms with Gasteiger partial charge in [0.1, 0.15) is 11.8 Å². The van der Waals surface area contributed by atoms with Crippen LogP contribution in [0.15, 0.2) is 35.3 Å². The topological polar surface area (TPSA) is 66.8 Å². The zero-order valence-electron chi connectivity index (χ0n) is 9.47. The van der Waals surface area contributed by atoms with Crippen molar-refractivity contribution in [2.24, 2.45) is 0 Å². The smallest absolute Gasteiger partial charge is 0.203 e. The number of aryl methyl sites for hydroxylation is 1. The summed E-state index contributed by atoms with van der Waals surface area (Å²) in [5, 5.41) is 11.9. The maximum absolute atomic E-state index is 8.59. The lowest BCUT2D eigenvalue weighted by Crippen LogP contribution is -2.15. The standard InChI is InChI=1S/C12H14N4O/c13-8-11-2-3-12(17-11)9-14-4-1-6-16-7-5-15-10-16/h2-3,5,7,10,14H,1,4,6,9H2. The molecule has 0 saturated heterocycles. The highest BCUT2D eigenvalue weighted by Gasteiger charge is 1.99. The van der Waals surface area contributed by atoms with Gasteiger partial charge in [-0.05, 0) is 25.1 Å². The molecule has 2 heterocycles. The SMILES string of the molecule is N#Cc1ccc(CNCCCn2ccnc2)o1. The monoisotopic (exact) mass is 230 g/mol. The first kappa shape index (κ1) is 11.4. The first-order valence-corrected chi connectivity index (χ1v) is 5.54. The Hall–Kier alpha value is -2.06. The molecule has 5 heteroatoms. The highest BCUT2D eigenvalue weighted by molar-refractivity contribution is 5.18. The normalized spacial score (nSPS) is 10.3. The van der Waals surface area contributed by atoms with Gasteiger partial charge in [0.05, 0.1) is 12.9 Å². The second-order valence-electron chi connectivity index (χ2n) is 3.71. The van der Waals surface area contributed by atoms with Crippen LogP contribution in [0.2, 0.25) is 0 Å². The van der Waals surface area contributed by atoms with E-state index in [0.29, 0.717) is 12.3 Å². The highest BCUT2D eigenvalue weighted by atomic mass is 16.3. The van der Waals surface area contributed by atoms with Gasteiger partial charge in [0.25, 0.3) is 0 Å². The number of hydrogen-bond donors (Lipinski definition) is 1. The summed E-state index contributed by atoms with van der Waals surface area (Å²) in [4.78, 5) is 3.98. The van der Waals surface area contributed by atoms with Gasteiger partial charge in [0.15, 0.2) is 0 Å². The number of furan rings is 1. The molecule has 0 aliphatic heterocycles. The van der Waals surface area contributed by atoms with Crippen LogP contribution in [-0.4, -0.2) is 16.1 Å². The van der Waals surface area contributed by atoms with Gasteiger partial charge in [-0.3, -0.25) is 0 Å². The number of rotatable bonds is 6. The Kier molecular flexibility index (Phi) is 3.95. The van der Waals surface area contributed by atoms with Crippen LogP contribution in [0, 0.1) is 11.3 Å². The Balaban J connectivity index is 1.62. The second kappa shape index (κ2) is 5.87. The molecule has 0 unspecified atom stereocenters. The molecule has 0 bridgehead atoms. The molecule has 2 aromatic heterocycles. The third-order valence-electron chi connectivity index (χ3n) is 2.40. The third-order valence-corrected chi connectivity index (χ3v) is 2.40. The Morgan fingerprint density at radius 2 is 2.41 bits per heavy atom. The first-order chi connectivity index (χ1) is 8.38. The van der Waals surface area contributed by atoms with E-state index in [-0.39, 0.29) is 0 Å². The van der Waals surface area contributed by atoms with E-state index in [1.807, 2.05) is 29.2 Å². The van der Waals surface area contributed by atoms with Crippen LogP contribution in [0.3, 0.4) is 0 Å². The predicted octanol–water partition coefficient (Wildman–Crippen LogP) is 1.53. The summed E-state index contributed by atoms with van der Waals surface area (Å²) in [5.74, 6) is 1.16. The molecule has 0 aliphatic rings.